The van der Waals surface area contributed by atoms with E-state index in [1.165, 1.54) is 0 Å². The van der Waals surface area contributed by atoms with Crippen LogP contribution in [0.1, 0.15) is 30.5 Å². The fraction of sp³-hybridized carbons (Fsp3) is 0.333. The van der Waals surface area contributed by atoms with E-state index in [4.69, 9.17) is 17.3 Å². The first-order chi connectivity index (χ1) is 6.50. The average Bonchev–Trinajstić information content (AvgIpc) is 2.01. The highest BCUT2D eigenvalue weighted by molar-refractivity contribution is 6.30. The van der Waals surface area contributed by atoms with Crippen molar-refractivity contribution >= 4 is 11.6 Å². The van der Waals surface area contributed by atoms with Gasteiger partial charge in [0, 0.05) is 11.1 Å². The molecule has 2 N–H and O–H groups in total. The third-order valence-electron chi connectivity index (χ3n) is 2.20. The van der Waals surface area contributed by atoms with Crippen LogP contribution >= 0.6 is 11.6 Å². The van der Waals surface area contributed by atoms with E-state index in [1.54, 1.807) is 0 Å². The van der Waals surface area contributed by atoms with Gasteiger partial charge in [0.15, 0.2) is 0 Å². The number of nitrogens with two attached hydrogens (primary N) is 1. The van der Waals surface area contributed by atoms with Crippen LogP contribution in [-0.4, -0.2) is 0 Å². The Morgan fingerprint density at radius 1 is 1.57 bits per heavy atom. The van der Waals surface area contributed by atoms with Gasteiger partial charge < -0.3 is 5.73 Å². The standard InChI is InChI=1S/C12H16ClN/c1-8(2)6-12(14)11-5-4-10(13)7-9(11)3/h4-5,7,12H,1,6,14H2,2-3H3/t12-/m0/s1. The van der Waals surface area contributed by atoms with Crippen molar-refractivity contribution in [2.24, 2.45) is 5.73 Å². The van der Waals surface area contributed by atoms with Crippen LogP contribution < -0.4 is 5.73 Å². The van der Waals surface area contributed by atoms with Crippen LogP contribution in [0.3, 0.4) is 0 Å². The molecule has 0 heterocycles. The van der Waals surface area contributed by atoms with E-state index < -0.39 is 0 Å². The summed E-state index contributed by atoms with van der Waals surface area (Å²) < 4.78 is 0. The lowest BCUT2D eigenvalue weighted by Gasteiger charge is -2.14. The SMILES string of the molecule is C=C(C)C[C@H](N)c1ccc(Cl)cc1C. The molecule has 0 aliphatic rings. The summed E-state index contributed by atoms with van der Waals surface area (Å²) in [6.45, 7) is 7.88. The lowest BCUT2D eigenvalue weighted by molar-refractivity contribution is 0.712. The van der Waals surface area contributed by atoms with Gasteiger partial charge in [-0.1, -0.05) is 23.2 Å². The molecule has 0 amide bonds. The zero-order valence-electron chi connectivity index (χ0n) is 8.68. The van der Waals surface area contributed by atoms with Gasteiger partial charge in [0.05, 0.1) is 0 Å². The molecule has 1 nitrogen and oxygen atoms in total. The normalized spacial score (nSPS) is 12.6. The lowest BCUT2D eigenvalue weighted by atomic mass is 9.97. The largest absolute Gasteiger partial charge is 0.324 e. The Morgan fingerprint density at radius 3 is 2.71 bits per heavy atom. The summed E-state index contributed by atoms with van der Waals surface area (Å²) in [4.78, 5) is 0. The molecule has 0 aliphatic carbocycles. The number of halogens is 1. The Bertz CT molecular complexity index is 344. The van der Waals surface area contributed by atoms with E-state index in [1.807, 2.05) is 32.0 Å². The fourth-order valence-electron chi connectivity index (χ4n) is 1.54. The van der Waals surface area contributed by atoms with E-state index in [0.717, 1.165) is 28.1 Å². The molecule has 2 heteroatoms. The topological polar surface area (TPSA) is 26.0 Å². The predicted molar refractivity (Wildman–Crippen MR) is 62.5 cm³/mol. The van der Waals surface area contributed by atoms with Gasteiger partial charge in [0.25, 0.3) is 0 Å². The van der Waals surface area contributed by atoms with Crippen molar-refractivity contribution in [3.8, 4) is 0 Å². The first kappa shape index (κ1) is 11.3. The van der Waals surface area contributed by atoms with Gasteiger partial charge in [0.1, 0.15) is 0 Å². The zero-order valence-corrected chi connectivity index (χ0v) is 9.43. The Labute approximate surface area is 90.6 Å². The second kappa shape index (κ2) is 4.63. The molecule has 0 radical (unpaired) electrons. The van der Waals surface area contributed by atoms with Crippen LogP contribution in [0.15, 0.2) is 30.4 Å². The van der Waals surface area contributed by atoms with Gasteiger partial charge in [0.2, 0.25) is 0 Å². The Morgan fingerprint density at radius 2 is 2.21 bits per heavy atom. The Kier molecular flexibility index (Phi) is 3.73. The molecule has 0 bridgehead atoms. The summed E-state index contributed by atoms with van der Waals surface area (Å²) in [6.07, 6.45) is 0.822. The highest BCUT2D eigenvalue weighted by atomic mass is 35.5. The molecule has 76 valence electrons. The number of aryl methyl sites for hydroxylation is 1. The summed E-state index contributed by atoms with van der Waals surface area (Å²) in [5.41, 5.74) is 9.44. The molecule has 0 aromatic heterocycles. The van der Waals surface area contributed by atoms with Crippen molar-refractivity contribution < 1.29 is 0 Å². The summed E-state index contributed by atoms with van der Waals surface area (Å²) in [6, 6.07) is 5.84. The molecular weight excluding hydrogens is 194 g/mol. The van der Waals surface area contributed by atoms with Crippen molar-refractivity contribution in [2.45, 2.75) is 26.3 Å². The van der Waals surface area contributed by atoms with Crippen LogP contribution in [0.4, 0.5) is 0 Å². The highest BCUT2D eigenvalue weighted by Gasteiger charge is 2.08. The molecule has 0 spiro atoms. The molecule has 1 aromatic rings. The third-order valence-corrected chi connectivity index (χ3v) is 2.43. The maximum Gasteiger partial charge on any atom is 0.0408 e. The Balaban J connectivity index is 2.90. The van der Waals surface area contributed by atoms with E-state index in [2.05, 4.69) is 6.58 Å². The summed E-state index contributed by atoms with van der Waals surface area (Å²) in [5.74, 6) is 0. The Hall–Kier alpha value is -0.790. The van der Waals surface area contributed by atoms with Gasteiger partial charge in [-0.15, -0.1) is 6.58 Å². The molecule has 1 rings (SSSR count). The molecule has 0 unspecified atom stereocenters. The molecule has 14 heavy (non-hydrogen) atoms. The minimum atomic E-state index is 0.0322. The van der Waals surface area contributed by atoms with E-state index in [-0.39, 0.29) is 6.04 Å². The molecule has 0 saturated heterocycles. The first-order valence-corrected chi connectivity index (χ1v) is 5.04. The van der Waals surface area contributed by atoms with E-state index >= 15 is 0 Å². The molecular formula is C12H16ClN. The minimum Gasteiger partial charge on any atom is -0.324 e. The van der Waals surface area contributed by atoms with Crippen molar-refractivity contribution in [1.82, 2.24) is 0 Å². The third kappa shape index (κ3) is 2.86. The monoisotopic (exact) mass is 209 g/mol. The van der Waals surface area contributed by atoms with Crippen LogP contribution in [0.5, 0.6) is 0 Å². The summed E-state index contributed by atoms with van der Waals surface area (Å²) in [7, 11) is 0. The van der Waals surface area contributed by atoms with Crippen LogP contribution in [0, 0.1) is 6.92 Å². The van der Waals surface area contributed by atoms with Gasteiger partial charge >= 0.3 is 0 Å². The predicted octanol–water partition coefficient (Wildman–Crippen LogP) is 3.61. The van der Waals surface area contributed by atoms with Crippen molar-refractivity contribution in [2.75, 3.05) is 0 Å². The molecule has 0 saturated carbocycles. The highest BCUT2D eigenvalue weighted by Crippen LogP contribution is 2.23. The van der Waals surface area contributed by atoms with Gasteiger partial charge in [-0.2, -0.15) is 0 Å². The van der Waals surface area contributed by atoms with E-state index in [9.17, 15) is 0 Å². The number of benzene rings is 1. The van der Waals surface area contributed by atoms with Crippen LogP contribution in [0.25, 0.3) is 0 Å². The summed E-state index contributed by atoms with van der Waals surface area (Å²) in [5, 5.41) is 0.758. The van der Waals surface area contributed by atoms with Crippen molar-refractivity contribution in [3.05, 3.63) is 46.5 Å². The van der Waals surface area contributed by atoms with E-state index in [0.29, 0.717) is 0 Å². The van der Waals surface area contributed by atoms with Gasteiger partial charge in [-0.3, -0.25) is 0 Å². The maximum atomic E-state index is 6.04. The van der Waals surface area contributed by atoms with Crippen LogP contribution in [-0.2, 0) is 0 Å². The first-order valence-electron chi connectivity index (χ1n) is 4.66. The number of rotatable bonds is 3. The minimum absolute atomic E-state index is 0.0322. The van der Waals surface area contributed by atoms with Crippen molar-refractivity contribution in [1.29, 1.82) is 0 Å². The molecule has 1 aromatic carbocycles. The maximum absolute atomic E-state index is 6.04. The quantitative estimate of drug-likeness (QED) is 0.757. The number of hydrogen-bond acceptors (Lipinski definition) is 1. The average molecular weight is 210 g/mol. The second-order valence-corrected chi connectivity index (χ2v) is 4.21. The zero-order chi connectivity index (χ0) is 10.7. The molecule has 1 atom stereocenters. The van der Waals surface area contributed by atoms with Crippen molar-refractivity contribution in [3.63, 3.8) is 0 Å². The molecule has 0 aliphatic heterocycles. The van der Waals surface area contributed by atoms with Gasteiger partial charge in [-0.25, -0.2) is 0 Å². The smallest absolute Gasteiger partial charge is 0.0408 e. The fourth-order valence-corrected chi connectivity index (χ4v) is 1.77. The van der Waals surface area contributed by atoms with Gasteiger partial charge in [-0.05, 0) is 43.5 Å². The molecule has 0 fully saturated rings. The summed E-state index contributed by atoms with van der Waals surface area (Å²) >= 11 is 5.87. The second-order valence-electron chi connectivity index (χ2n) is 3.77. The van der Waals surface area contributed by atoms with Crippen LogP contribution in [0.2, 0.25) is 5.02 Å². The number of hydrogen-bond donors (Lipinski definition) is 1. The lowest BCUT2D eigenvalue weighted by Crippen LogP contribution is -2.11.